The van der Waals surface area contributed by atoms with Gasteiger partial charge in [-0.05, 0) is 62.1 Å². The molecule has 0 fully saturated rings. The van der Waals surface area contributed by atoms with Gasteiger partial charge in [0.2, 0.25) is 0 Å². The largest absolute Gasteiger partial charge is 0.289 e. The lowest BCUT2D eigenvalue weighted by atomic mass is 9.96. The highest BCUT2D eigenvalue weighted by Gasteiger charge is 2.13. The van der Waals surface area contributed by atoms with Crippen LogP contribution < -0.4 is 0 Å². The molecule has 2 nitrogen and oxygen atoms in total. The summed E-state index contributed by atoms with van der Waals surface area (Å²) in [6.07, 6.45) is 0. The summed E-state index contributed by atoms with van der Waals surface area (Å²) in [6, 6.07) is 18.3. The van der Waals surface area contributed by atoms with E-state index in [0.29, 0.717) is 22.3 Å². The predicted molar refractivity (Wildman–Crippen MR) is 105 cm³/mol. The normalized spacial score (nSPS) is 10.6. The van der Waals surface area contributed by atoms with E-state index in [-0.39, 0.29) is 11.6 Å². The molecule has 0 saturated heterocycles. The predicted octanol–water partition coefficient (Wildman–Crippen LogP) is 5.38. The molecular weight excluding hydrogens is 320 g/mol. The van der Waals surface area contributed by atoms with Crippen molar-refractivity contribution < 1.29 is 9.59 Å². The van der Waals surface area contributed by atoms with Crippen molar-refractivity contribution in [2.75, 3.05) is 0 Å². The second kappa shape index (κ2) is 7.09. The fraction of sp³-hybridized carbons (Fsp3) is 0.167. The van der Waals surface area contributed by atoms with Crippen LogP contribution in [-0.2, 0) is 0 Å². The fourth-order valence-corrected chi connectivity index (χ4v) is 2.87. The topological polar surface area (TPSA) is 34.1 Å². The number of hydrogen-bond donors (Lipinski definition) is 0. The van der Waals surface area contributed by atoms with Gasteiger partial charge in [0.1, 0.15) is 0 Å². The van der Waals surface area contributed by atoms with Crippen molar-refractivity contribution in [1.29, 1.82) is 0 Å². The average Bonchev–Trinajstić information content (AvgIpc) is 2.65. The third kappa shape index (κ3) is 3.50. The fourth-order valence-electron chi connectivity index (χ4n) is 2.87. The van der Waals surface area contributed by atoms with Crippen molar-refractivity contribution in [3.05, 3.63) is 105 Å². The number of rotatable bonds is 4. The van der Waals surface area contributed by atoms with E-state index in [1.54, 1.807) is 24.3 Å². The number of carbonyl (C=O) groups excluding carboxylic acids is 2. The van der Waals surface area contributed by atoms with Crippen LogP contribution in [0.25, 0.3) is 0 Å². The third-order valence-electron chi connectivity index (χ3n) is 4.95. The average molecular weight is 342 g/mol. The summed E-state index contributed by atoms with van der Waals surface area (Å²) in [5.41, 5.74) is 7.03. The van der Waals surface area contributed by atoms with Crippen LogP contribution in [0.2, 0.25) is 0 Å². The number of carbonyl (C=O) groups is 2. The third-order valence-corrected chi connectivity index (χ3v) is 4.95. The minimum Gasteiger partial charge on any atom is -0.289 e. The summed E-state index contributed by atoms with van der Waals surface area (Å²) in [5.74, 6) is -0.0587. The zero-order valence-electron chi connectivity index (χ0n) is 15.6. The van der Waals surface area contributed by atoms with Crippen molar-refractivity contribution >= 4 is 11.6 Å². The lowest BCUT2D eigenvalue weighted by Gasteiger charge is -2.07. The lowest BCUT2D eigenvalue weighted by molar-refractivity contribution is 0.102. The highest BCUT2D eigenvalue weighted by atomic mass is 16.1. The van der Waals surface area contributed by atoms with Gasteiger partial charge >= 0.3 is 0 Å². The smallest absolute Gasteiger partial charge is 0.193 e. The van der Waals surface area contributed by atoms with Crippen LogP contribution >= 0.6 is 0 Å². The van der Waals surface area contributed by atoms with E-state index < -0.39 is 0 Å². The Labute approximate surface area is 154 Å². The van der Waals surface area contributed by atoms with E-state index in [2.05, 4.69) is 0 Å². The van der Waals surface area contributed by atoms with E-state index >= 15 is 0 Å². The van der Waals surface area contributed by atoms with Crippen LogP contribution in [0.5, 0.6) is 0 Å². The Morgan fingerprint density at radius 2 is 0.769 bits per heavy atom. The maximum absolute atomic E-state index is 12.7. The molecule has 3 aromatic carbocycles. The van der Waals surface area contributed by atoms with Crippen molar-refractivity contribution in [3.63, 3.8) is 0 Å². The molecule has 0 aromatic heterocycles. The molecule has 0 bridgehead atoms. The standard InChI is InChI=1S/C24H22O2/c1-15-5-7-21(13-17(15)3)23(25)19-9-11-20(12-10-19)24(26)22-8-6-16(2)18(4)14-22/h5-14H,1-4H3. The highest BCUT2D eigenvalue weighted by molar-refractivity contribution is 6.11. The number of benzene rings is 3. The molecule has 0 unspecified atom stereocenters. The minimum absolute atomic E-state index is 0.0294. The van der Waals surface area contributed by atoms with Gasteiger partial charge in [-0.25, -0.2) is 0 Å². The molecule has 0 saturated carbocycles. The van der Waals surface area contributed by atoms with Gasteiger partial charge in [0, 0.05) is 22.3 Å². The summed E-state index contributed by atoms with van der Waals surface area (Å²) in [7, 11) is 0. The van der Waals surface area contributed by atoms with Gasteiger partial charge in [0.05, 0.1) is 0 Å². The van der Waals surface area contributed by atoms with Crippen molar-refractivity contribution in [1.82, 2.24) is 0 Å². The molecule has 0 atom stereocenters. The van der Waals surface area contributed by atoms with Crippen molar-refractivity contribution in [2.24, 2.45) is 0 Å². The Bertz CT molecular complexity index is 913. The summed E-state index contributed by atoms with van der Waals surface area (Å²) in [4.78, 5) is 25.3. The molecule has 3 rings (SSSR count). The molecular formula is C24H22O2. The van der Waals surface area contributed by atoms with Gasteiger partial charge in [-0.1, -0.05) is 48.5 Å². The second-order valence-corrected chi connectivity index (χ2v) is 6.83. The van der Waals surface area contributed by atoms with Gasteiger partial charge < -0.3 is 0 Å². The van der Waals surface area contributed by atoms with E-state index in [4.69, 9.17) is 0 Å². The first-order chi connectivity index (χ1) is 12.4. The molecule has 0 spiro atoms. The molecule has 0 amide bonds. The number of ketones is 2. The zero-order chi connectivity index (χ0) is 18.8. The summed E-state index contributed by atoms with van der Waals surface area (Å²) >= 11 is 0. The Morgan fingerprint density at radius 3 is 1.08 bits per heavy atom. The zero-order valence-corrected chi connectivity index (χ0v) is 15.6. The van der Waals surface area contributed by atoms with Crippen LogP contribution in [0.3, 0.4) is 0 Å². The van der Waals surface area contributed by atoms with Gasteiger partial charge in [0.25, 0.3) is 0 Å². The van der Waals surface area contributed by atoms with Crippen LogP contribution in [0, 0.1) is 27.7 Å². The van der Waals surface area contributed by atoms with E-state index in [9.17, 15) is 9.59 Å². The van der Waals surface area contributed by atoms with Crippen LogP contribution in [0.4, 0.5) is 0 Å². The molecule has 0 radical (unpaired) electrons. The van der Waals surface area contributed by atoms with Gasteiger partial charge in [-0.3, -0.25) is 9.59 Å². The van der Waals surface area contributed by atoms with Crippen LogP contribution in [0.1, 0.15) is 54.1 Å². The van der Waals surface area contributed by atoms with Crippen LogP contribution in [-0.4, -0.2) is 11.6 Å². The van der Waals surface area contributed by atoms with E-state index in [0.717, 1.165) is 22.3 Å². The molecule has 2 heteroatoms. The quantitative estimate of drug-likeness (QED) is 0.596. The molecule has 26 heavy (non-hydrogen) atoms. The van der Waals surface area contributed by atoms with Gasteiger partial charge in [-0.2, -0.15) is 0 Å². The Morgan fingerprint density at radius 1 is 0.462 bits per heavy atom. The first kappa shape index (κ1) is 17.8. The Balaban J connectivity index is 1.85. The summed E-state index contributed by atoms with van der Waals surface area (Å²) in [6.45, 7) is 8.04. The molecule has 130 valence electrons. The van der Waals surface area contributed by atoms with Gasteiger partial charge in [0.15, 0.2) is 11.6 Å². The van der Waals surface area contributed by atoms with Crippen molar-refractivity contribution in [2.45, 2.75) is 27.7 Å². The highest BCUT2D eigenvalue weighted by Crippen LogP contribution is 2.18. The number of hydrogen-bond acceptors (Lipinski definition) is 2. The molecule has 0 aliphatic heterocycles. The second-order valence-electron chi connectivity index (χ2n) is 6.83. The Hall–Kier alpha value is -3.00. The monoisotopic (exact) mass is 342 g/mol. The van der Waals surface area contributed by atoms with Gasteiger partial charge in [-0.15, -0.1) is 0 Å². The van der Waals surface area contributed by atoms with E-state index in [1.807, 2.05) is 64.1 Å². The number of aryl methyl sites for hydroxylation is 4. The summed E-state index contributed by atoms with van der Waals surface area (Å²) in [5, 5.41) is 0. The first-order valence-corrected chi connectivity index (χ1v) is 8.71. The molecule has 0 aliphatic rings. The SMILES string of the molecule is Cc1ccc(C(=O)c2ccc(C(=O)c3ccc(C)c(C)c3)cc2)cc1C. The molecule has 0 heterocycles. The maximum atomic E-state index is 12.7. The molecule has 0 N–H and O–H groups in total. The lowest BCUT2D eigenvalue weighted by Crippen LogP contribution is -2.05. The molecule has 3 aromatic rings. The van der Waals surface area contributed by atoms with Crippen molar-refractivity contribution in [3.8, 4) is 0 Å². The minimum atomic E-state index is -0.0294. The van der Waals surface area contributed by atoms with E-state index in [1.165, 1.54) is 0 Å². The summed E-state index contributed by atoms with van der Waals surface area (Å²) < 4.78 is 0. The molecule has 0 aliphatic carbocycles. The van der Waals surface area contributed by atoms with Crippen LogP contribution in [0.15, 0.2) is 60.7 Å². The first-order valence-electron chi connectivity index (χ1n) is 8.71. The maximum Gasteiger partial charge on any atom is 0.193 e. The Kier molecular flexibility index (Phi) is 4.85.